The first kappa shape index (κ1) is 13.4. The van der Waals surface area contributed by atoms with Crippen molar-refractivity contribution in [3.05, 3.63) is 83.1 Å². The molecular formula is C19H16N5+. The summed E-state index contributed by atoms with van der Waals surface area (Å²) in [6.07, 6.45) is 11.5. The second-order valence-corrected chi connectivity index (χ2v) is 6.28. The number of aliphatic imine (C=N–C) groups is 2. The van der Waals surface area contributed by atoms with Crippen LogP contribution in [0.15, 0.2) is 81.8 Å². The van der Waals surface area contributed by atoms with Gasteiger partial charge in [-0.1, -0.05) is 30.4 Å². The molecule has 0 radical (unpaired) electrons. The molecule has 1 atom stereocenters. The Morgan fingerprint density at radius 2 is 2.08 bits per heavy atom. The molecule has 3 aliphatic rings. The first-order valence-corrected chi connectivity index (χ1v) is 7.86. The van der Waals surface area contributed by atoms with Gasteiger partial charge in [0.25, 0.3) is 5.84 Å². The van der Waals surface area contributed by atoms with E-state index in [0.717, 1.165) is 39.4 Å². The van der Waals surface area contributed by atoms with Crippen molar-refractivity contribution in [3.63, 3.8) is 0 Å². The van der Waals surface area contributed by atoms with Crippen LogP contribution in [0.25, 0.3) is 10.9 Å². The highest BCUT2D eigenvalue weighted by Crippen LogP contribution is 2.36. The summed E-state index contributed by atoms with van der Waals surface area (Å²) in [6, 6.07) is 8.46. The van der Waals surface area contributed by atoms with Gasteiger partial charge in [0.2, 0.25) is 5.70 Å². The molecule has 0 fully saturated rings. The van der Waals surface area contributed by atoms with Gasteiger partial charge in [-0.2, -0.15) is 10.8 Å². The van der Waals surface area contributed by atoms with Gasteiger partial charge in [0.05, 0.1) is 12.4 Å². The molecule has 5 heteroatoms. The van der Waals surface area contributed by atoms with E-state index in [2.05, 4.69) is 41.2 Å². The number of H-pyrrole nitrogens is 1. The van der Waals surface area contributed by atoms with E-state index >= 15 is 0 Å². The minimum atomic E-state index is 0.0375. The van der Waals surface area contributed by atoms with Crippen molar-refractivity contribution in [2.75, 3.05) is 0 Å². The van der Waals surface area contributed by atoms with Gasteiger partial charge in [0.15, 0.2) is 0 Å². The summed E-state index contributed by atoms with van der Waals surface area (Å²) in [5.41, 5.74) is 6.09. The lowest BCUT2D eigenvalue weighted by atomic mass is 10.0. The number of nitrogens with two attached hydrogens (primary N) is 1. The van der Waals surface area contributed by atoms with Crippen molar-refractivity contribution in [2.24, 2.45) is 15.8 Å². The molecule has 0 bridgehead atoms. The second-order valence-electron chi connectivity index (χ2n) is 6.28. The number of benzene rings is 1. The van der Waals surface area contributed by atoms with E-state index in [0.29, 0.717) is 0 Å². The number of aromatic nitrogens is 1. The number of allylic oxidation sites excluding steroid dienone is 4. The van der Waals surface area contributed by atoms with Crippen molar-refractivity contribution in [1.29, 1.82) is 0 Å². The Kier molecular flexibility index (Phi) is 2.52. The van der Waals surface area contributed by atoms with Crippen molar-refractivity contribution in [1.82, 2.24) is 4.98 Å². The maximum Gasteiger partial charge on any atom is 0.281 e. The highest BCUT2D eigenvalue weighted by atomic mass is 15.6. The summed E-state index contributed by atoms with van der Waals surface area (Å²) >= 11 is 0. The van der Waals surface area contributed by atoms with Gasteiger partial charge in [-0.15, -0.1) is 4.59 Å². The van der Waals surface area contributed by atoms with Crippen LogP contribution in [0.5, 0.6) is 0 Å². The van der Waals surface area contributed by atoms with Gasteiger partial charge in [0, 0.05) is 16.5 Å². The summed E-state index contributed by atoms with van der Waals surface area (Å²) in [7, 11) is 0. The van der Waals surface area contributed by atoms with Crippen LogP contribution < -0.4 is 5.84 Å². The predicted octanol–water partition coefficient (Wildman–Crippen LogP) is 3.19. The molecule has 24 heavy (non-hydrogen) atoms. The fraction of sp³-hybridized carbons (Fsp3) is 0.0526. The predicted molar refractivity (Wildman–Crippen MR) is 95.9 cm³/mol. The zero-order chi connectivity index (χ0) is 16.3. The molecule has 2 aromatic rings. The molecule has 3 N–H and O–H groups in total. The first-order valence-electron chi connectivity index (χ1n) is 7.86. The molecule has 0 saturated heterocycles. The van der Waals surface area contributed by atoms with E-state index in [4.69, 9.17) is 10.8 Å². The number of hydrogen-bond donors (Lipinski definition) is 2. The molecule has 3 heterocycles. The van der Waals surface area contributed by atoms with Gasteiger partial charge in [0.1, 0.15) is 17.6 Å². The van der Waals surface area contributed by atoms with Crippen LogP contribution in [0.2, 0.25) is 0 Å². The van der Waals surface area contributed by atoms with Gasteiger partial charge < -0.3 is 4.98 Å². The summed E-state index contributed by atoms with van der Waals surface area (Å²) in [6.45, 7) is 2.08. The lowest BCUT2D eigenvalue weighted by Gasteiger charge is -2.25. The van der Waals surface area contributed by atoms with E-state index in [1.807, 2.05) is 24.4 Å². The standard InChI is InChI=1S/C19H16N5/c1-12-5-6-14-10-16(22-15(14)9-12)19-23-18(13-3-2-4-13)17-11-21-7-8-24(17,19)20/h2-11,22H,20H2,1H3/q+1. The Hall–Kier alpha value is -3.02. The number of hydrogen-bond acceptors (Lipinski definition) is 3. The Morgan fingerprint density at radius 1 is 1.21 bits per heavy atom. The number of amidine groups is 1. The number of aromatic amines is 1. The maximum absolute atomic E-state index is 6.70. The van der Waals surface area contributed by atoms with E-state index in [1.165, 1.54) is 5.56 Å². The Bertz CT molecular complexity index is 1070. The largest absolute Gasteiger partial charge is 0.349 e. The Balaban J connectivity index is 1.70. The Morgan fingerprint density at radius 3 is 2.88 bits per heavy atom. The number of quaternary nitrogens is 1. The average molecular weight is 314 g/mol. The zero-order valence-electron chi connectivity index (χ0n) is 13.2. The summed E-state index contributed by atoms with van der Waals surface area (Å²) < 4.78 is 0.0375. The highest BCUT2D eigenvalue weighted by Gasteiger charge is 2.45. The number of aryl methyl sites for hydroxylation is 1. The van der Waals surface area contributed by atoms with Gasteiger partial charge in [-0.05, 0) is 24.6 Å². The van der Waals surface area contributed by atoms with E-state index < -0.39 is 0 Å². The third kappa shape index (κ3) is 1.71. The van der Waals surface area contributed by atoms with E-state index in [-0.39, 0.29) is 4.59 Å². The molecule has 1 unspecified atom stereocenters. The van der Waals surface area contributed by atoms with Crippen LogP contribution in [0.4, 0.5) is 0 Å². The number of nitrogens with zero attached hydrogens (tertiary/aromatic N) is 3. The smallest absolute Gasteiger partial charge is 0.281 e. The van der Waals surface area contributed by atoms with Gasteiger partial charge in [-0.25, -0.2) is 0 Å². The number of rotatable bonds is 2. The summed E-state index contributed by atoms with van der Waals surface area (Å²) in [5.74, 6) is 7.47. The normalized spacial score (nSPS) is 24.2. The molecular weight excluding hydrogens is 298 g/mol. The molecule has 1 aromatic carbocycles. The molecule has 0 saturated carbocycles. The first-order chi connectivity index (χ1) is 11.6. The summed E-state index contributed by atoms with van der Waals surface area (Å²) in [5, 5.41) is 1.15. The van der Waals surface area contributed by atoms with Crippen LogP contribution in [-0.4, -0.2) is 21.6 Å². The maximum atomic E-state index is 6.70. The van der Waals surface area contributed by atoms with Gasteiger partial charge >= 0.3 is 0 Å². The number of fused-ring (bicyclic) bond motifs is 2. The fourth-order valence-electron chi connectivity index (χ4n) is 3.28. The topological polar surface area (TPSA) is 66.5 Å². The molecule has 116 valence electrons. The van der Waals surface area contributed by atoms with Crippen LogP contribution in [0, 0.1) is 6.92 Å². The highest BCUT2D eigenvalue weighted by molar-refractivity contribution is 6.03. The molecule has 5 nitrogen and oxygen atoms in total. The van der Waals surface area contributed by atoms with Crippen LogP contribution in [-0.2, 0) is 0 Å². The minimum absolute atomic E-state index is 0.0375. The van der Waals surface area contributed by atoms with Crippen molar-refractivity contribution >= 4 is 23.0 Å². The van der Waals surface area contributed by atoms with Crippen LogP contribution in [0.1, 0.15) is 11.3 Å². The lowest BCUT2D eigenvalue weighted by Crippen LogP contribution is -2.53. The number of nitrogens with one attached hydrogen (secondary N) is 1. The third-order valence-corrected chi connectivity index (χ3v) is 4.64. The molecule has 0 amide bonds. The van der Waals surface area contributed by atoms with Crippen LogP contribution >= 0.6 is 0 Å². The zero-order valence-corrected chi connectivity index (χ0v) is 13.2. The minimum Gasteiger partial charge on any atom is -0.349 e. The SMILES string of the molecule is Cc1ccc2cc(C3=NC(C4=CC=C4)=C4C=NC=C[N+]34N)[nH]c2c1. The quantitative estimate of drug-likeness (QED) is 0.649. The van der Waals surface area contributed by atoms with E-state index in [9.17, 15) is 0 Å². The Labute approximate surface area is 139 Å². The third-order valence-electron chi connectivity index (χ3n) is 4.64. The molecule has 1 aliphatic carbocycles. The molecule has 1 aromatic heterocycles. The fourth-order valence-corrected chi connectivity index (χ4v) is 3.28. The summed E-state index contributed by atoms with van der Waals surface area (Å²) in [4.78, 5) is 12.6. The second kappa shape index (κ2) is 4.50. The molecule has 0 spiro atoms. The van der Waals surface area contributed by atoms with Crippen molar-refractivity contribution in [2.45, 2.75) is 6.92 Å². The van der Waals surface area contributed by atoms with E-state index in [1.54, 1.807) is 12.4 Å². The molecule has 5 rings (SSSR count). The van der Waals surface area contributed by atoms with Crippen molar-refractivity contribution in [3.8, 4) is 0 Å². The van der Waals surface area contributed by atoms with Crippen molar-refractivity contribution < 1.29 is 4.59 Å². The average Bonchev–Trinajstić information content (AvgIpc) is 3.04. The van der Waals surface area contributed by atoms with Crippen LogP contribution in [0.3, 0.4) is 0 Å². The monoisotopic (exact) mass is 314 g/mol. The van der Waals surface area contributed by atoms with Gasteiger partial charge in [-0.3, -0.25) is 4.99 Å². The lowest BCUT2D eigenvalue weighted by molar-refractivity contribution is -0.750. The molecule has 2 aliphatic heterocycles.